The van der Waals surface area contributed by atoms with E-state index < -0.39 is 50.5 Å². The summed E-state index contributed by atoms with van der Waals surface area (Å²) < 4.78 is 26.7. The predicted octanol–water partition coefficient (Wildman–Crippen LogP) is -2.93. The number of amides is 1. The summed E-state index contributed by atoms with van der Waals surface area (Å²) in [6, 6.07) is -0.804. The van der Waals surface area contributed by atoms with Crippen molar-refractivity contribution in [2.75, 3.05) is 6.61 Å². The average Bonchev–Trinajstić information content (AvgIpc) is 3.00. The monoisotopic (exact) mass is 347 g/mol. The first-order valence-electron chi connectivity index (χ1n) is 6.80. The second kappa shape index (κ2) is 4.97. The summed E-state index contributed by atoms with van der Waals surface area (Å²) >= 11 is 0. The third-order valence-electron chi connectivity index (χ3n) is 4.02. The molecule has 0 bridgehead atoms. The number of carbonyl (C=O) groups excluding carboxylic acids is 1. The number of aliphatic imine (C=N–C) groups is 2. The van der Waals surface area contributed by atoms with E-state index in [1.54, 1.807) is 0 Å². The Labute approximate surface area is 129 Å². The minimum absolute atomic E-state index is 0.0592. The van der Waals surface area contributed by atoms with E-state index in [0.29, 0.717) is 0 Å². The highest BCUT2D eigenvalue weighted by Crippen LogP contribution is 2.51. The van der Waals surface area contributed by atoms with E-state index >= 15 is 0 Å². The van der Waals surface area contributed by atoms with Gasteiger partial charge in [0.2, 0.25) is 0 Å². The fourth-order valence-corrected chi connectivity index (χ4v) is 3.96. The molecule has 4 rings (SSSR count). The molecule has 4 heterocycles. The zero-order valence-electron chi connectivity index (χ0n) is 11.6. The normalized spacial score (nSPS) is 48.7. The molecule has 0 aromatic heterocycles. The average molecular weight is 347 g/mol. The van der Waals surface area contributed by atoms with Crippen LogP contribution in [-0.2, 0) is 23.1 Å². The lowest BCUT2D eigenvalue weighted by Crippen LogP contribution is -2.61. The van der Waals surface area contributed by atoms with Gasteiger partial charge in [0.25, 0.3) is 5.91 Å². The second-order valence-corrected chi connectivity index (χ2v) is 6.88. The molecule has 1 amide bonds. The van der Waals surface area contributed by atoms with E-state index in [9.17, 15) is 19.4 Å². The molecule has 0 radical (unpaired) electrons. The number of aliphatic hydroxyl groups excluding tert-OH is 1. The quantitative estimate of drug-likeness (QED) is 0.360. The molecule has 12 nitrogen and oxygen atoms in total. The van der Waals surface area contributed by atoms with E-state index in [1.165, 1.54) is 11.2 Å². The molecule has 2 fully saturated rings. The lowest BCUT2D eigenvalue weighted by atomic mass is 10.1. The summed E-state index contributed by atoms with van der Waals surface area (Å²) in [6.07, 6.45) is -3.26. The number of nitrogens with two attached hydrogens (primary N) is 1. The van der Waals surface area contributed by atoms with Crippen LogP contribution in [0.1, 0.15) is 0 Å². The van der Waals surface area contributed by atoms with Crippen molar-refractivity contribution in [3.05, 3.63) is 0 Å². The first-order valence-corrected chi connectivity index (χ1v) is 8.30. The standard InChI is InChI=1S/C10H14N5O7P/c11-10-13-7-4(8(17)14-10)12-2-15(7)9-5(16)6-3(21-9)1-20-23(18,19)22-6/h2-7,9,16H,1H2,(H,18,19)(H3,11,13,14,17)/t3-,4?,5-,6-,7?,9-/m1/s1. The number of ether oxygens (including phenoxy) is 1. The van der Waals surface area contributed by atoms with Crippen LogP contribution in [0.5, 0.6) is 0 Å². The van der Waals surface area contributed by atoms with Gasteiger partial charge in [-0.1, -0.05) is 0 Å². The van der Waals surface area contributed by atoms with Crippen molar-refractivity contribution in [2.24, 2.45) is 15.7 Å². The number of carbonyl (C=O) groups is 1. The van der Waals surface area contributed by atoms with Gasteiger partial charge in [0.05, 0.1) is 12.9 Å². The number of fused-ring (bicyclic) bond motifs is 2. The largest absolute Gasteiger partial charge is 0.472 e. The second-order valence-electron chi connectivity index (χ2n) is 5.47. The number of hydrogen-bond donors (Lipinski definition) is 4. The first-order chi connectivity index (χ1) is 10.9. The maximum absolute atomic E-state index is 11.8. The van der Waals surface area contributed by atoms with E-state index in [0.717, 1.165) is 0 Å². The van der Waals surface area contributed by atoms with E-state index in [-0.39, 0.29) is 12.6 Å². The summed E-state index contributed by atoms with van der Waals surface area (Å²) in [5, 5.41) is 13.2. The number of phosphoric acid groups is 1. The number of phosphoric ester groups is 1. The van der Waals surface area contributed by atoms with Crippen LogP contribution in [0.4, 0.5) is 0 Å². The molecule has 0 saturated carbocycles. The first kappa shape index (κ1) is 15.0. The maximum atomic E-state index is 11.8. The molecule has 2 saturated heterocycles. The van der Waals surface area contributed by atoms with Crippen LogP contribution >= 0.6 is 7.82 Å². The molecular weight excluding hydrogens is 333 g/mol. The van der Waals surface area contributed by atoms with Gasteiger partial charge in [-0.3, -0.25) is 18.8 Å². The Hall–Kier alpha value is -1.56. The Morgan fingerprint density at radius 3 is 3.09 bits per heavy atom. The van der Waals surface area contributed by atoms with Crippen molar-refractivity contribution in [3.8, 4) is 0 Å². The van der Waals surface area contributed by atoms with Gasteiger partial charge in [-0.2, -0.15) is 4.99 Å². The number of hydrogen-bond acceptors (Lipinski definition) is 10. The Morgan fingerprint density at radius 2 is 2.30 bits per heavy atom. The van der Waals surface area contributed by atoms with Crippen molar-refractivity contribution < 1.29 is 33.1 Å². The molecule has 0 spiro atoms. The summed E-state index contributed by atoms with van der Waals surface area (Å²) in [6.45, 7) is -0.193. The van der Waals surface area contributed by atoms with Crippen molar-refractivity contribution in [1.82, 2.24) is 10.2 Å². The van der Waals surface area contributed by atoms with Crippen molar-refractivity contribution in [3.63, 3.8) is 0 Å². The zero-order valence-corrected chi connectivity index (χ0v) is 12.4. The minimum atomic E-state index is -4.20. The summed E-state index contributed by atoms with van der Waals surface area (Å²) in [4.78, 5) is 30.3. The summed E-state index contributed by atoms with van der Waals surface area (Å²) in [5.74, 6) is -0.564. The zero-order chi connectivity index (χ0) is 16.4. The highest BCUT2D eigenvalue weighted by atomic mass is 31.2. The number of aliphatic hydroxyl groups is 1. The number of guanidine groups is 1. The Balaban J connectivity index is 1.56. The highest BCUT2D eigenvalue weighted by Gasteiger charge is 2.56. The molecule has 4 aliphatic heterocycles. The number of nitrogens with one attached hydrogen (secondary N) is 1. The summed E-state index contributed by atoms with van der Waals surface area (Å²) in [5.41, 5.74) is 5.55. The molecule has 3 unspecified atom stereocenters. The SMILES string of the molecule is NC1=NC(=O)C2N=CN([C@@H]3O[C@@H]4COP(=O)(O)O[C@H]4[C@H]3O)C2N1. The molecule has 126 valence electrons. The lowest BCUT2D eigenvalue weighted by Gasteiger charge is -2.34. The maximum Gasteiger partial charge on any atom is 0.472 e. The van der Waals surface area contributed by atoms with E-state index in [2.05, 4.69) is 19.8 Å². The predicted molar refractivity (Wildman–Crippen MR) is 73.0 cm³/mol. The van der Waals surface area contributed by atoms with Crippen LogP contribution < -0.4 is 11.1 Å². The molecule has 0 aromatic carbocycles. The molecule has 4 aliphatic rings. The molecule has 0 aromatic rings. The van der Waals surface area contributed by atoms with Gasteiger partial charge in [-0.25, -0.2) is 4.57 Å². The fraction of sp³-hybridized carbons (Fsp3) is 0.700. The van der Waals surface area contributed by atoms with Crippen LogP contribution in [-0.4, -0.2) is 76.5 Å². The van der Waals surface area contributed by atoms with Gasteiger partial charge in [0, 0.05) is 0 Å². The molecule has 0 aliphatic carbocycles. The fourth-order valence-electron chi connectivity index (χ4n) is 2.99. The van der Waals surface area contributed by atoms with Gasteiger partial charge >= 0.3 is 7.82 Å². The smallest absolute Gasteiger partial charge is 0.386 e. The topological polar surface area (TPSA) is 168 Å². The number of nitrogens with zero attached hydrogens (tertiary/aromatic N) is 3. The molecular formula is C10H14N5O7P. The van der Waals surface area contributed by atoms with Crippen LogP contribution in [0.25, 0.3) is 0 Å². The third kappa shape index (κ3) is 2.35. The molecule has 13 heteroatoms. The summed E-state index contributed by atoms with van der Waals surface area (Å²) in [7, 11) is -4.20. The van der Waals surface area contributed by atoms with Gasteiger partial charge in [0.1, 0.15) is 24.5 Å². The van der Waals surface area contributed by atoms with Gasteiger partial charge in [0.15, 0.2) is 18.2 Å². The molecule has 23 heavy (non-hydrogen) atoms. The lowest BCUT2D eigenvalue weighted by molar-refractivity contribution is -0.122. The van der Waals surface area contributed by atoms with Crippen molar-refractivity contribution in [2.45, 2.75) is 36.7 Å². The van der Waals surface area contributed by atoms with E-state index in [4.69, 9.17) is 15.0 Å². The van der Waals surface area contributed by atoms with Crippen LogP contribution in [0.2, 0.25) is 0 Å². The van der Waals surface area contributed by atoms with Crippen molar-refractivity contribution in [1.29, 1.82) is 0 Å². The Kier molecular flexibility index (Phi) is 3.24. The van der Waals surface area contributed by atoms with Crippen molar-refractivity contribution >= 4 is 26.0 Å². The Bertz CT molecular complexity index is 656. The Morgan fingerprint density at radius 1 is 1.52 bits per heavy atom. The van der Waals surface area contributed by atoms with Gasteiger partial charge in [-0.15, -0.1) is 0 Å². The van der Waals surface area contributed by atoms with E-state index in [1.807, 2.05) is 0 Å². The highest BCUT2D eigenvalue weighted by molar-refractivity contribution is 7.47. The van der Waals surface area contributed by atoms with Gasteiger partial charge in [-0.05, 0) is 0 Å². The minimum Gasteiger partial charge on any atom is -0.386 e. The third-order valence-corrected chi connectivity index (χ3v) is 5.01. The van der Waals surface area contributed by atoms with Crippen LogP contribution in [0.3, 0.4) is 0 Å². The van der Waals surface area contributed by atoms with Gasteiger partial charge < -0.3 is 30.7 Å². The van der Waals surface area contributed by atoms with Crippen LogP contribution in [0, 0.1) is 0 Å². The molecule has 7 atom stereocenters. The molecule has 5 N–H and O–H groups in total. The number of rotatable bonds is 1. The van der Waals surface area contributed by atoms with Crippen LogP contribution in [0.15, 0.2) is 9.98 Å².